The minimum absolute atomic E-state index is 0.174. The van der Waals surface area contributed by atoms with Gasteiger partial charge in [0.05, 0.1) is 0 Å². The Hall–Kier alpha value is -3.91. The van der Waals surface area contributed by atoms with Crippen LogP contribution in [0.1, 0.15) is 22.8 Å². The van der Waals surface area contributed by atoms with Gasteiger partial charge >= 0.3 is 0 Å². The number of rotatable bonds is 4. The number of nitrogens with one attached hydrogen (secondary N) is 2. The first-order valence-corrected chi connectivity index (χ1v) is 11.0. The molecule has 3 aromatic carbocycles. The molecule has 33 heavy (non-hydrogen) atoms. The van der Waals surface area contributed by atoms with E-state index in [2.05, 4.69) is 34.7 Å². The Morgan fingerprint density at radius 1 is 1.00 bits per heavy atom. The molecule has 4 aromatic rings. The van der Waals surface area contributed by atoms with Gasteiger partial charge in [-0.25, -0.2) is 4.98 Å². The van der Waals surface area contributed by atoms with Crippen molar-refractivity contribution >= 4 is 40.0 Å². The summed E-state index contributed by atoms with van der Waals surface area (Å²) in [4.78, 5) is 17.2. The number of hydrogen-bond donors (Lipinski definition) is 2. The van der Waals surface area contributed by atoms with Gasteiger partial charge in [0.15, 0.2) is 22.2 Å². The van der Waals surface area contributed by atoms with Crippen molar-refractivity contribution in [1.29, 1.82) is 0 Å². The van der Waals surface area contributed by atoms with Crippen molar-refractivity contribution in [2.45, 2.75) is 13.3 Å². The maximum absolute atomic E-state index is 12.6. The molecule has 0 saturated heterocycles. The van der Waals surface area contributed by atoms with E-state index in [9.17, 15) is 4.79 Å². The molecule has 0 spiro atoms. The molecule has 0 saturated carbocycles. The summed E-state index contributed by atoms with van der Waals surface area (Å²) in [5, 5.41) is 5.88. The van der Waals surface area contributed by atoms with Crippen molar-refractivity contribution in [3.63, 3.8) is 0 Å². The number of thiocarbonyl (C=S) groups is 1. The smallest absolute Gasteiger partial charge is 0.257 e. The number of amides is 1. The third-order valence-corrected chi connectivity index (χ3v) is 5.49. The van der Waals surface area contributed by atoms with Gasteiger partial charge < -0.3 is 19.2 Å². The Morgan fingerprint density at radius 2 is 1.79 bits per heavy atom. The molecule has 5 rings (SSSR count). The topological polar surface area (TPSA) is 85.6 Å². The van der Waals surface area contributed by atoms with Gasteiger partial charge in [0.2, 0.25) is 5.89 Å². The number of nitrogens with zero attached hydrogens (tertiary/aromatic N) is 1. The summed E-state index contributed by atoms with van der Waals surface area (Å²) in [6, 6.07) is 18.6. The van der Waals surface area contributed by atoms with Gasteiger partial charge in [0.25, 0.3) is 5.91 Å². The molecule has 7 nitrogen and oxygen atoms in total. The third-order valence-electron chi connectivity index (χ3n) is 5.29. The number of oxazole rings is 1. The molecule has 8 heteroatoms. The fourth-order valence-electron chi connectivity index (χ4n) is 3.53. The summed E-state index contributed by atoms with van der Waals surface area (Å²) in [5.74, 6) is 1.38. The Bertz CT molecular complexity index is 1350. The molecule has 0 aliphatic carbocycles. The van der Waals surface area contributed by atoms with Gasteiger partial charge in [-0.3, -0.25) is 10.1 Å². The minimum Gasteiger partial charge on any atom is -0.486 e. The number of carbonyl (C=O) groups is 1. The molecule has 0 fully saturated rings. The van der Waals surface area contributed by atoms with Crippen LogP contribution < -0.4 is 20.1 Å². The maximum atomic E-state index is 12.6. The van der Waals surface area contributed by atoms with Gasteiger partial charge in [-0.05, 0) is 72.7 Å². The second-order valence-corrected chi connectivity index (χ2v) is 7.93. The standard InChI is InChI=1S/C25H21N3O4S/c1-2-15-3-5-16(6-4-15)24-27-19-14-18(8-10-20(19)32-24)26-25(33)28-23(29)17-7-9-21-22(13-17)31-12-11-30-21/h3-10,13-14H,2,11-12H2,1H3,(H2,26,28,29,33). The summed E-state index contributed by atoms with van der Waals surface area (Å²) in [6.45, 7) is 3.06. The van der Waals surface area contributed by atoms with Crippen LogP contribution in [0.15, 0.2) is 65.1 Å². The predicted octanol–water partition coefficient (Wildman–Crippen LogP) is 4.96. The van der Waals surface area contributed by atoms with Gasteiger partial charge in [-0.1, -0.05) is 19.1 Å². The molecule has 0 radical (unpaired) electrons. The van der Waals surface area contributed by atoms with Crippen molar-refractivity contribution in [1.82, 2.24) is 10.3 Å². The second-order valence-electron chi connectivity index (χ2n) is 7.52. The number of hydrogen-bond acceptors (Lipinski definition) is 6. The Balaban J connectivity index is 1.27. The number of aryl methyl sites for hydroxylation is 1. The van der Waals surface area contributed by atoms with E-state index in [1.807, 2.05) is 30.3 Å². The highest BCUT2D eigenvalue weighted by atomic mass is 32.1. The van der Waals surface area contributed by atoms with E-state index in [-0.39, 0.29) is 11.0 Å². The van der Waals surface area contributed by atoms with Crippen molar-refractivity contribution in [3.8, 4) is 23.0 Å². The van der Waals surface area contributed by atoms with Crippen molar-refractivity contribution in [2.24, 2.45) is 0 Å². The monoisotopic (exact) mass is 459 g/mol. The maximum Gasteiger partial charge on any atom is 0.257 e. The lowest BCUT2D eigenvalue weighted by Crippen LogP contribution is -2.34. The van der Waals surface area contributed by atoms with Crippen molar-refractivity contribution < 1.29 is 18.7 Å². The molecule has 0 bridgehead atoms. The predicted molar refractivity (Wildman–Crippen MR) is 130 cm³/mol. The quantitative estimate of drug-likeness (QED) is 0.418. The van der Waals surface area contributed by atoms with Gasteiger partial charge in [-0.15, -0.1) is 0 Å². The van der Waals surface area contributed by atoms with Gasteiger partial charge in [0, 0.05) is 16.8 Å². The van der Waals surface area contributed by atoms with E-state index in [0.717, 1.165) is 12.0 Å². The van der Waals surface area contributed by atoms with Gasteiger partial charge in [0.1, 0.15) is 18.7 Å². The lowest BCUT2D eigenvalue weighted by Gasteiger charge is -2.18. The van der Waals surface area contributed by atoms with E-state index in [0.29, 0.717) is 53.0 Å². The molecule has 0 atom stereocenters. The molecule has 1 aromatic heterocycles. The first-order valence-electron chi connectivity index (χ1n) is 10.6. The zero-order chi connectivity index (χ0) is 22.8. The number of aromatic nitrogens is 1. The van der Waals surface area contributed by atoms with Crippen LogP contribution in [-0.2, 0) is 6.42 Å². The van der Waals surface area contributed by atoms with Crippen LogP contribution in [0.4, 0.5) is 5.69 Å². The summed E-state index contributed by atoms with van der Waals surface area (Å²) in [6.07, 6.45) is 0.980. The van der Waals surface area contributed by atoms with Crippen LogP contribution in [0.25, 0.3) is 22.6 Å². The lowest BCUT2D eigenvalue weighted by atomic mass is 10.1. The first-order chi connectivity index (χ1) is 16.1. The average Bonchev–Trinajstić information content (AvgIpc) is 3.27. The molecule has 2 N–H and O–H groups in total. The fraction of sp³-hybridized carbons (Fsp3) is 0.160. The number of benzene rings is 3. The van der Waals surface area contributed by atoms with E-state index in [1.165, 1.54) is 5.56 Å². The van der Waals surface area contributed by atoms with Crippen LogP contribution >= 0.6 is 12.2 Å². The summed E-state index contributed by atoms with van der Waals surface area (Å²) in [7, 11) is 0. The van der Waals surface area contributed by atoms with Crippen LogP contribution in [0.2, 0.25) is 0 Å². The number of anilines is 1. The summed E-state index contributed by atoms with van der Waals surface area (Å²) in [5.41, 5.74) is 4.65. The second kappa shape index (κ2) is 8.91. The lowest BCUT2D eigenvalue weighted by molar-refractivity contribution is 0.0976. The first kappa shape index (κ1) is 21.0. The third kappa shape index (κ3) is 4.51. The van der Waals surface area contributed by atoms with Crippen LogP contribution in [0, 0.1) is 0 Å². The van der Waals surface area contributed by atoms with Crippen LogP contribution in [0.3, 0.4) is 0 Å². The van der Waals surface area contributed by atoms with Crippen molar-refractivity contribution in [2.75, 3.05) is 18.5 Å². The van der Waals surface area contributed by atoms with Crippen LogP contribution in [0.5, 0.6) is 11.5 Å². The highest BCUT2D eigenvalue weighted by Crippen LogP contribution is 2.31. The molecular weight excluding hydrogens is 438 g/mol. The minimum atomic E-state index is -0.343. The zero-order valence-corrected chi connectivity index (χ0v) is 18.7. The highest BCUT2D eigenvalue weighted by Gasteiger charge is 2.16. The molecular formula is C25H21N3O4S. The molecule has 2 heterocycles. The number of carbonyl (C=O) groups excluding carboxylic acids is 1. The summed E-state index contributed by atoms with van der Waals surface area (Å²) < 4.78 is 16.9. The average molecular weight is 460 g/mol. The highest BCUT2D eigenvalue weighted by molar-refractivity contribution is 7.80. The largest absolute Gasteiger partial charge is 0.486 e. The Morgan fingerprint density at radius 3 is 2.58 bits per heavy atom. The van der Waals surface area contributed by atoms with E-state index in [1.54, 1.807) is 18.2 Å². The van der Waals surface area contributed by atoms with Gasteiger partial charge in [-0.2, -0.15) is 0 Å². The normalized spacial score (nSPS) is 12.4. The number of fused-ring (bicyclic) bond motifs is 2. The van der Waals surface area contributed by atoms with Crippen LogP contribution in [-0.4, -0.2) is 29.2 Å². The number of ether oxygens (including phenoxy) is 2. The summed E-state index contributed by atoms with van der Waals surface area (Å²) >= 11 is 5.32. The Kier molecular flexibility index (Phi) is 5.66. The SMILES string of the molecule is CCc1ccc(-c2nc3cc(NC(=S)NC(=O)c4ccc5c(c4)OCCO5)ccc3o2)cc1. The fourth-order valence-corrected chi connectivity index (χ4v) is 3.74. The Labute approximate surface area is 195 Å². The van der Waals surface area contributed by atoms with Crippen molar-refractivity contribution in [3.05, 3.63) is 71.8 Å². The molecule has 0 unspecified atom stereocenters. The molecule has 166 valence electrons. The molecule has 1 amide bonds. The van der Waals surface area contributed by atoms with E-state index >= 15 is 0 Å². The molecule has 1 aliphatic heterocycles. The van der Waals surface area contributed by atoms with E-state index in [4.69, 9.17) is 26.1 Å². The van der Waals surface area contributed by atoms with E-state index < -0.39 is 0 Å². The zero-order valence-electron chi connectivity index (χ0n) is 17.9. The molecule has 1 aliphatic rings.